The van der Waals surface area contributed by atoms with Crippen LogP contribution in [0.15, 0.2) is 29.4 Å². The average Bonchev–Trinajstić information content (AvgIpc) is 2.37. The van der Waals surface area contributed by atoms with E-state index in [1.54, 1.807) is 12.1 Å². The van der Waals surface area contributed by atoms with Gasteiger partial charge in [0.2, 0.25) is 0 Å². The van der Waals surface area contributed by atoms with E-state index in [4.69, 9.17) is 4.84 Å². The molecule has 1 aromatic rings. The summed E-state index contributed by atoms with van der Waals surface area (Å²) < 4.78 is 0. The molecule has 0 unspecified atom stereocenters. The van der Waals surface area contributed by atoms with Crippen molar-refractivity contribution in [2.45, 2.75) is 39.5 Å². The monoisotopic (exact) mass is 250 g/mol. The minimum Gasteiger partial charge on any atom is -0.357 e. The lowest BCUT2D eigenvalue weighted by atomic mass is 10.1. The number of benzene rings is 1. The predicted molar refractivity (Wildman–Crippen MR) is 71.0 cm³/mol. The molecule has 0 aliphatic heterocycles. The van der Waals surface area contributed by atoms with Crippen molar-refractivity contribution >= 4 is 11.4 Å². The summed E-state index contributed by atoms with van der Waals surface area (Å²) in [5, 5.41) is 14.4. The van der Waals surface area contributed by atoms with Crippen LogP contribution in [0.2, 0.25) is 0 Å². The lowest BCUT2D eigenvalue weighted by Crippen LogP contribution is -1.95. The third-order valence-electron chi connectivity index (χ3n) is 2.50. The summed E-state index contributed by atoms with van der Waals surface area (Å²) in [5.41, 5.74) is 0.979. The number of unbranched alkanes of at least 4 members (excludes halogenated alkanes) is 2. The first-order chi connectivity index (χ1) is 8.63. The maximum atomic E-state index is 10.5. The minimum atomic E-state index is -0.441. The van der Waals surface area contributed by atoms with Gasteiger partial charge in [-0.05, 0) is 31.9 Å². The van der Waals surface area contributed by atoms with Crippen LogP contribution in [0.1, 0.15) is 39.5 Å². The molecule has 0 saturated heterocycles. The standard InChI is InChI=1S/C13H18N2O3/c1-3-4-5-6-11(2)14-18-13-9-7-12(8-10-13)15(16)17/h7-10H,3-6H2,1-2H3/b14-11+. The molecule has 98 valence electrons. The van der Waals surface area contributed by atoms with Crippen molar-refractivity contribution in [3.63, 3.8) is 0 Å². The lowest BCUT2D eigenvalue weighted by molar-refractivity contribution is -0.384. The molecular weight excluding hydrogens is 232 g/mol. The molecule has 0 aromatic heterocycles. The van der Waals surface area contributed by atoms with Crippen LogP contribution in [-0.4, -0.2) is 10.6 Å². The first-order valence-electron chi connectivity index (χ1n) is 6.08. The third kappa shape index (κ3) is 4.95. The van der Waals surface area contributed by atoms with Crippen molar-refractivity contribution in [1.29, 1.82) is 0 Å². The lowest BCUT2D eigenvalue weighted by Gasteiger charge is -2.01. The number of nitro groups is 1. The molecule has 0 bridgehead atoms. The highest BCUT2D eigenvalue weighted by Gasteiger charge is 2.04. The van der Waals surface area contributed by atoms with Crippen LogP contribution in [0.5, 0.6) is 5.75 Å². The predicted octanol–water partition coefficient (Wildman–Crippen LogP) is 3.93. The molecule has 0 amide bonds. The maximum absolute atomic E-state index is 10.5. The molecular formula is C13H18N2O3. The van der Waals surface area contributed by atoms with Gasteiger partial charge in [0.1, 0.15) is 0 Å². The fourth-order valence-electron chi connectivity index (χ4n) is 1.44. The van der Waals surface area contributed by atoms with Gasteiger partial charge >= 0.3 is 0 Å². The van der Waals surface area contributed by atoms with E-state index in [0.29, 0.717) is 5.75 Å². The number of oxime groups is 1. The highest BCUT2D eigenvalue weighted by Crippen LogP contribution is 2.17. The summed E-state index contributed by atoms with van der Waals surface area (Å²) in [7, 11) is 0. The highest BCUT2D eigenvalue weighted by molar-refractivity contribution is 5.81. The number of non-ortho nitro benzene ring substituents is 1. The third-order valence-corrected chi connectivity index (χ3v) is 2.50. The number of hydrogen-bond donors (Lipinski definition) is 0. The van der Waals surface area contributed by atoms with E-state index in [1.807, 2.05) is 6.92 Å². The van der Waals surface area contributed by atoms with Crippen molar-refractivity contribution in [1.82, 2.24) is 0 Å². The quantitative estimate of drug-likeness (QED) is 0.319. The van der Waals surface area contributed by atoms with Crippen LogP contribution >= 0.6 is 0 Å². The van der Waals surface area contributed by atoms with Crippen LogP contribution in [0.25, 0.3) is 0 Å². The van der Waals surface area contributed by atoms with Crippen LogP contribution in [0.3, 0.4) is 0 Å². The molecule has 0 fully saturated rings. The zero-order chi connectivity index (χ0) is 13.4. The van der Waals surface area contributed by atoms with Gasteiger partial charge in [0.15, 0.2) is 5.75 Å². The Bertz CT molecular complexity index is 413. The number of nitrogens with zero attached hydrogens (tertiary/aromatic N) is 2. The van der Waals surface area contributed by atoms with Gasteiger partial charge in [-0.2, -0.15) is 0 Å². The Balaban J connectivity index is 2.47. The molecule has 5 nitrogen and oxygen atoms in total. The van der Waals surface area contributed by atoms with Crippen LogP contribution < -0.4 is 4.84 Å². The molecule has 0 spiro atoms. The van der Waals surface area contributed by atoms with E-state index < -0.39 is 4.92 Å². The Labute approximate surface area is 107 Å². The summed E-state index contributed by atoms with van der Waals surface area (Å²) in [5.74, 6) is 0.510. The van der Waals surface area contributed by atoms with Gasteiger partial charge in [0, 0.05) is 12.1 Å². The van der Waals surface area contributed by atoms with Crippen molar-refractivity contribution in [3.05, 3.63) is 34.4 Å². The molecule has 5 heteroatoms. The number of nitro benzene ring substituents is 1. The Hall–Kier alpha value is -1.91. The van der Waals surface area contributed by atoms with Gasteiger partial charge in [-0.3, -0.25) is 10.1 Å². The first-order valence-corrected chi connectivity index (χ1v) is 6.08. The molecule has 0 N–H and O–H groups in total. The van der Waals surface area contributed by atoms with E-state index >= 15 is 0 Å². The molecule has 0 saturated carbocycles. The molecule has 18 heavy (non-hydrogen) atoms. The summed E-state index contributed by atoms with van der Waals surface area (Å²) >= 11 is 0. The fraction of sp³-hybridized carbons (Fsp3) is 0.462. The number of hydrogen-bond acceptors (Lipinski definition) is 4. The van der Waals surface area contributed by atoms with Gasteiger partial charge in [-0.1, -0.05) is 24.9 Å². The van der Waals surface area contributed by atoms with Crippen molar-refractivity contribution in [2.24, 2.45) is 5.16 Å². The molecule has 0 aliphatic carbocycles. The SMILES string of the molecule is CCCCC/C(C)=N/Oc1ccc([N+](=O)[O-])cc1. The van der Waals surface area contributed by atoms with Gasteiger partial charge < -0.3 is 4.84 Å². The van der Waals surface area contributed by atoms with E-state index in [2.05, 4.69) is 12.1 Å². The van der Waals surface area contributed by atoms with Crippen LogP contribution in [-0.2, 0) is 0 Å². The molecule has 0 radical (unpaired) electrons. The van der Waals surface area contributed by atoms with Crippen molar-refractivity contribution in [2.75, 3.05) is 0 Å². The van der Waals surface area contributed by atoms with Crippen LogP contribution in [0, 0.1) is 10.1 Å². The smallest absolute Gasteiger partial charge is 0.269 e. The second kappa shape index (κ2) is 7.42. The first kappa shape index (κ1) is 14.2. The van der Waals surface area contributed by atoms with E-state index in [-0.39, 0.29) is 5.69 Å². The molecule has 1 rings (SSSR count). The maximum Gasteiger partial charge on any atom is 0.269 e. The van der Waals surface area contributed by atoms with E-state index in [9.17, 15) is 10.1 Å². The van der Waals surface area contributed by atoms with E-state index in [1.165, 1.54) is 25.0 Å². The summed E-state index contributed by atoms with van der Waals surface area (Å²) in [6, 6.07) is 5.89. The normalized spacial score (nSPS) is 11.3. The highest BCUT2D eigenvalue weighted by atomic mass is 16.6. The van der Waals surface area contributed by atoms with Gasteiger partial charge in [0.05, 0.1) is 10.6 Å². The summed E-state index contributed by atoms with van der Waals surface area (Å²) in [6.07, 6.45) is 4.39. The fourth-order valence-corrected chi connectivity index (χ4v) is 1.44. The second-order valence-electron chi connectivity index (χ2n) is 4.13. The topological polar surface area (TPSA) is 64.7 Å². The Morgan fingerprint density at radius 3 is 2.56 bits per heavy atom. The summed E-state index contributed by atoms with van der Waals surface area (Å²) in [6.45, 7) is 4.07. The second-order valence-corrected chi connectivity index (χ2v) is 4.13. The van der Waals surface area contributed by atoms with E-state index in [0.717, 1.165) is 18.6 Å². The Kier molecular flexibility index (Phi) is 5.84. The van der Waals surface area contributed by atoms with Crippen LogP contribution in [0.4, 0.5) is 5.69 Å². The summed E-state index contributed by atoms with van der Waals surface area (Å²) in [4.78, 5) is 15.2. The zero-order valence-electron chi connectivity index (χ0n) is 10.8. The Morgan fingerprint density at radius 2 is 2.00 bits per heavy atom. The average molecular weight is 250 g/mol. The number of rotatable bonds is 7. The Morgan fingerprint density at radius 1 is 1.33 bits per heavy atom. The zero-order valence-corrected chi connectivity index (χ0v) is 10.8. The minimum absolute atomic E-state index is 0.0472. The van der Waals surface area contributed by atoms with Gasteiger partial charge in [-0.25, -0.2) is 0 Å². The molecule has 0 aliphatic rings. The molecule has 1 aromatic carbocycles. The molecule has 0 atom stereocenters. The van der Waals surface area contributed by atoms with Gasteiger partial charge in [0.25, 0.3) is 5.69 Å². The van der Waals surface area contributed by atoms with Crippen molar-refractivity contribution in [3.8, 4) is 5.75 Å². The molecule has 0 heterocycles. The van der Waals surface area contributed by atoms with Crippen molar-refractivity contribution < 1.29 is 9.76 Å². The van der Waals surface area contributed by atoms with Gasteiger partial charge in [-0.15, -0.1) is 0 Å². The largest absolute Gasteiger partial charge is 0.357 e.